The zero-order valence-electron chi connectivity index (χ0n) is 11.0. The molecule has 0 N–H and O–H groups in total. The second kappa shape index (κ2) is 4.88. The first-order valence-corrected chi connectivity index (χ1v) is 8.29. The molecule has 0 saturated carbocycles. The average Bonchev–Trinajstić information content (AvgIpc) is 2.53. The van der Waals surface area contributed by atoms with Gasteiger partial charge < -0.3 is 4.74 Å². The van der Waals surface area contributed by atoms with Gasteiger partial charge in [-0.25, -0.2) is 0 Å². The third-order valence-electron chi connectivity index (χ3n) is 3.78. The number of rotatable bonds is 1. The predicted molar refractivity (Wildman–Crippen MR) is 84.9 cm³/mol. The second-order valence-corrected chi connectivity index (χ2v) is 7.35. The molecule has 1 aliphatic carbocycles. The molecule has 2 aromatic carbocycles. The van der Waals surface area contributed by atoms with Gasteiger partial charge in [0.25, 0.3) is 0 Å². The Morgan fingerprint density at radius 3 is 2.45 bits per heavy atom. The molecule has 1 heterocycles. The van der Waals surface area contributed by atoms with Crippen molar-refractivity contribution in [1.82, 2.24) is 0 Å². The van der Waals surface area contributed by atoms with E-state index in [9.17, 15) is 0 Å². The molecular formula is C18H16OS. The van der Waals surface area contributed by atoms with Gasteiger partial charge in [-0.2, -0.15) is 10.9 Å². The Morgan fingerprint density at radius 1 is 0.800 bits per heavy atom. The molecule has 0 saturated heterocycles. The Labute approximate surface area is 121 Å². The van der Waals surface area contributed by atoms with E-state index in [1.165, 1.54) is 9.79 Å². The fourth-order valence-corrected chi connectivity index (χ4v) is 5.65. The van der Waals surface area contributed by atoms with Crippen LogP contribution >= 0.6 is 10.9 Å². The summed E-state index contributed by atoms with van der Waals surface area (Å²) in [4.78, 5) is 2.78. The minimum atomic E-state index is -0.403. The summed E-state index contributed by atoms with van der Waals surface area (Å²) in [5.74, 6) is 1.05. The lowest BCUT2D eigenvalue weighted by atomic mass is 10.1. The molecule has 2 heteroatoms. The first kappa shape index (κ1) is 11.9. The SMILES string of the molecule is C1=CC2Oc3ccccc3[SH](c3ccccc3)C2C=C1. The first-order valence-electron chi connectivity index (χ1n) is 6.88. The maximum absolute atomic E-state index is 6.17. The molecule has 1 aliphatic heterocycles. The van der Waals surface area contributed by atoms with Crippen LogP contribution in [0.5, 0.6) is 5.75 Å². The van der Waals surface area contributed by atoms with E-state index < -0.39 is 10.9 Å². The molecule has 0 amide bonds. The number of thiol groups is 1. The summed E-state index contributed by atoms with van der Waals surface area (Å²) < 4.78 is 6.17. The van der Waals surface area contributed by atoms with Crippen molar-refractivity contribution < 1.29 is 4.74 Å². The normalized spacial score (nSPS) is 28.3. The number of hydrogen-bond acceptors (Lipinski definition) is 1. The van der Waals surface area contributed by atoms with Gasteiger partial charge >= 0.3 is 0 Å². The molecular weight excluding hydrogens is 264 g/mol. The third kappa shape index (κ3) is 1.88. The molecule has 20 heavy (non-hydrogen) atoms. The number of fused-ring (bicyclic) bond motifs is 2. The van der Waals surface area contributed by atoms with Crippen molar-refractivity contribution in [2.24, 2.45) is 0 Å². The topological polar surface area (TPSA) is 9.23 Å². The second-order valence-electron chi connectivity index (χ2n) is 5.02. The van der Waals surface area contributed by atoms with Gasteiger partial charge in [-0.1, -0.05) is 48.6 Å². The van der Waals surface area contributed by atoms with Crippen LogP contribution in [-0.4, -0.2) is 11.4 Å². The highest BCUT2D eigenvalue weighted by Crippen LogP contribution is 2.57. The molecule has 1 nitrogen and oxygen atoms in total. The molecule has 3 unspecified atom stereocenters. The summed E-state index contributed by atoms with van der Waals surface area (Å²) in [7, 11) is -0.403. The van der Waals surface area contributed by atoms with Crippen molar-refractivity contribution in [3.63, 3.8) is 0 Å². The van der Waals surface area contributed by atoms with Crippen molar-refractivity contribution in [2.75, 3.05) is 0 Å². The maximum Gasteiger partial charge on any atom is 0.132 e. The van der Waals surface area contributed by atoms with E-state index in [0.29, 0.717) is 5.25 Å². The summed E-state index contributed by atoms with van der Waals surface area (Å²) in [6.45, 7) is 0. The molecule has 0 aromatic heterocycles. The van der Waals surface area contributed by atoms with Crippen LogP contribution in [0.1, 0.15) is 0 Å². The first-order chi connectivity index (χ1) is 9.93. The Balaban J connectivity index is 1.89. The summed E-state index contributed by atoms with van der Waals surface area (Å²) >= 11 is 0. The Bertz CT molecular complexity index is 675. The van der Waals surface area contributed by atoms with Crippen LogP contribution in [0.2, 0.25) is 0 Å². The van der Waals surface area contributed by atoms with Crippen molar-refractivity contribution >= 4 is 10.9 Å². The predicted octanol–water partition coefficient (Wildman–Crippen LogP) is 4.36. The van der Waals surface area contributed by atoms with Crippen LogP contribution in [0.4, 0.5) is 0 Å². The van der Waals surface area contributed by atoms with Crippen molar-refractivity contribution in [3.8, 4) is 5.75 Å². The van der Waals surface area contributed by atoms with Gasteiger partial charge in [0.05, 0.1) is 5.25 Å². The van der Waals surface area contributed by atoms with Gasteiger partial charge in [0.2, 0.25) is 0 Å². The number of hydrogen-bond donors (Lipinski definition) is 1. The van der Waals surface area contributed by atoms with Gasteiger partial charge in [0.1, 0.15) is 11.9 Å². The molecule has 2 aliphatic rings. The zero-order chi connectivity index (χ0) is 13.4. The van der Waals surface area contributed by atoms with Crippen molar-refractivity contribution in [3.05, 3.63) is 78.9 Å². The van der Waals surface area contributed by atoms with E-state index in [1.54, 1.807) is 0 Å². The fraction of sp³-hybridized carbons (Fsp3) is 0.111. The lowest BCUT2D eigenvalue weighted by Gasteiger charge is -2.41. The van der Waals surface area contributed by atoms with Crippen LogP contribution in [0.15, 0.2) is 88.7 Å². The van der Waals surface area contributed by atoms with E-state index in [2.05, 4.69) is 78.9 Å². The zero-order valence-corrected chi connectivity index (χ0v) is 11.9. The highest BCUT2D eigenvalue weighted by molar-refractivity contribution is 8.18. The molecule has 0 fully saturated rings. The highest BCUT2D eigenvalue weighted by Gasteiger charge is 2.34. The quantitative estimate of drug-likeness (QED) is 0.764. The number of allylic oxidation sites excluding steroid dienone is 2. The van der Waals surface area contributed by atoms with E-state index in [0.717, 1.165) is 5.75 Å². The number of ether oxygens (including phenoxy) is 1. The van der Waals surface area contributed by atoms with E-state index in [1.807, 2.05) is 0 Å². The third-order valence-corrected chi connectivity index (χ3v) is 6.58. The number of para-hydroxylation sites is 1. The van der Waals surface area contributed by atoms with Gasteiger partial charge in [0.15, 0.2) is 0 Å². The minimum absolute atomic E-state index is 0.168. The Kier molecular flexibility index (Phi) is 2.89. The van der Waals surface area contributed by atoms with Gasteiger partial charge in [0, 0.05) is 4.90 Å². The van der Waals surface area contributed by atoms with E-state index in [-0.39, 0.29) is 6.10 Å². The van der Waals surface area contributed by atoms with Crippen molar-refractivity contribution in [2.45, 2.75) is 21.1 Å². The van der Waals surface area contributed by atoms with Gasteiger partial charge in [-0.05, 0) is 35.2 Å². The Morgan fingerprint density at radius 2 is 1.55 bits per heavy atom. The van der Waals surface area contributed by atoms with Crippen LogP contribution in [0.3, 0.4) is 0 Å². The average molecular weight is 280 g/mol. The molecule has 3 atom stereocenters. The lowest BCUT2D eigenvalue weighted by molar-refractivity contribution is 0.242. The van der Waals surface area contributed by atoms with E-state index >= 15 is 0 Å². The molecule has 4 rings (SSSR count). The molecule has 100 valence electrons. The standard InChI is InChI=1S/C18H16OS/c1-2-8-14(9-3-1)20-17-12-6-4-10-15(17)19-16-11-5-7-13-18(16)20/h1-13,15,17,20H. The maximum atomic E-state index is 6.17. The van der Waals surface area contributed by atoms with Gasteiger partial charge in [-0.3, -0.25) is 0 Å². The molecule has 0 spiro atoms. The molecule has 2 aromatic rings. The highest BCUT2D eigenvalue weighted by atomic mass is 32.2. The fourth-order valence-electron chi connectivity index (χ4n) is 2.88. The summed E-state index contributed by atoms with van der Waals surface area (Å²) in [5.41, 5.74) is 0. The van der Waals surface area contributed by atoms with Gasteiger partial charge in [-0.15, -0.1) is 0 Å². The smallest absolute Gasteiger partial charge is 0.132 e. The summed E-state index contributed by atoms with van der Waals surface area (Å²) in [5, 5.41) is 0.437. The molecule has 0 radical (unpaired) electrons. The largest absolute Gasteiger partial charge is 0.484 e. The van der Waals surface area contributed by atoms with Crippen LogP contribution in [0.25, 0.3) is 0 Å². The number of benzene rings is 2. The lowest BCUT2D eigenvalue weighted by Crippen LogP contribution is -2.33. The monoisotopic (exact) mass is 280 g/mol. The summed E-state index contributed by atoms with van der Waals surface area (Å²) in [6.07, 6.45) is 8.89. The Hall–Kier alpha value is -1.93. The minimum Gasteiger partial charge on any atom is -0.484 e. The summed E-state index contributed by atoms with van der Waals surface area (Å²) in [6, 6.07) is 19.3. The van der Waals surface area contributed by atoms with Crippen LogP contribution in [0, 0.1) is 0 Å². The van der Waals surface area contributed by atoms with Crippen LogP contribution in [-0.2, 0) is 0 Å². The van der Waals surface area contributed by atoms with Crippen molar-refractivity contribution in [1.29, 1.82) is 0 Å². The van der Waals surface area contributed by atoms with Crippen LogP contribution < -0.4 is 4.74 Å². The molecule has 0 bridgehead atoms. The van der Waals surface area contributed by atoms with E-state index in [4.69, 9.17) is 4.74 Å².